The molecule has 0 atom stereocenters. The summed E-state index contributed by atoms with van der Waals surface area (Å²) in [6.45, 7) is -0.357. The van der Waals surface area contributed by atoms with Crippen molar-refractivity contribution >= 4 is 16.8 Å². The Morgan fingerprint density at radius 3 is 3.07 bits per heavy atom. The number of fused-ring (bicyclic) bond motifs is 1. The van der Waals surface area contributed by atoms with Gasteiger partial charge in [-0.05, 0) is 24.3 Å². The lowest BCUT2D eigenvalue weighted by Gasteiger charge is -2.02. The zero-order chi connectivity index (χ0) is 10.7. The van der Waals surface area contributed by atoms with Crippen molar-refractivity contribution in [3.63, 3.8) is 0 Å². The molecule has 0 unspecified atom stereocenters. The maximum Gasteiger partial charge on any atom is 0.253 e. The highest BCUT2D eigenvalue weighted by Gasteiger charge is 2.04. The summed E-state index contributed by atoms with van der Waals surface area (Å²) in [4.78, 5) is 15.5. The monoisotopic (exact) mass is 202 g/mol. The largest absolute Gasteiger partial charge is 0.376 e. The van der Waals surface area contributed by atoms with Crippen molar-refractivity contribution in [2.24, 2.45) is 0 Å². The highest BCUT2D eigenvalue weighted by molar-refractivity contribution is 5.97. The van der Waals surface area contributed by atoms with Crippen LogP contribution in [0.5, 0.6) is 0 Å². The number of benzene rings is 1. The molecule has 1 aromatic heterocycles. The van der Waals surface area contributed by atoms with Gasteiger partial charge in [-0.15, -0.1) is 0 Å². The van der Waals surface area contributed by atoms with Gasteiger partial charge in [-0.25, -0.2) is 0 Å². The van der Waals surface area contributed by atoms with Gasteiger partial charge in [-0.3, -0.25) is 9.78 Å². The van der Waals surface area contributed by atoms with Crippen LogP contribution in [0.4, 0.5) is 0 Å². The Balaban J connectivity index is 2.42. The highest BCUT2D eigenvalue weighted by atomic mass is 16.3. The molecule has 0 radical (unpaired) electrons. The zero-order valence-corrected chi connectivity index (χ0v) is 7.97. The third kappa shape index (κ3) is 1.94. The van der Waals surface area contributed by atoms with Crippen LogP contribution in [0.3, 0.4) is 0 Å². The van der Waals surface area contributed by atoms with Crippen molar-refractivity contribution in [2.45, 2.75) is 0 Å². The number of aliphatic hydroxyl groups is 1. The molecule has 76 valence electrons. The van der Waals surface area contributed by atoms with E-state index in [1.165, 1.54) is 0 Å². The van der Waals surface area contributed by atoms with Crippen molar-refractivity contribution in [1.29, 1.82) is 0 Å². The maximum absolute atomic E-state index is 11.4. The van der Waals surface area contributed by atoms with Gasteiger partial charge in [0.15, 0.2) is 0 Å². The summed E-state index contributed by atoms with van der Waals surface area (Å²) in [6, 6.07) is 8.91. The smallest absolute Gasteiger partial charge is 0.253 e. The second-order valence-corrected chi connectivity index (χ2v) is 3.07. The lowest BCUT2D eigenvalue weighted by atomic mass is 10.1. The summed E-state index contributed by atoms with van der Waals surface area (Å²) >= 11 is 0. The average Bonchev–Trinajstić information content (AvgIpc) is 2.29. The predicted octanol–water partition coefficient (Wildman–Crippen LogP) is 0.914. The van der Waals surface area contributed by atoms with Gasteiger partial charge in [0, 0.05) is 17.1 Å². The molecule has 1 aromatic carbocycles. The number of hydrogen-bond acceptors (Lipinski definition) is 3. The van der Waals surface area contributed by atoms with Gasteiger partial charge in [0.25, 0.3) is 5.91 Å². The first-order chi connectivity index (χ1) is 7.31. The van der Waals surface area contributed by atoms with Gasteiger partial charge in [-0.2, -0.15) is 0 Å². The average molecular weight is 202 g/mol. The fourth-order valence-electron chi connectivity index (χ4n) is 1.39. The summed E-state index contributed by atoms with van der Waals surface area (Å²) in [6.07, 6.45) is 1.70. The molecular weight excluding hydrogens is 192 g/mol. The van der Waals surface area contributed by atoms with E-state index in [-0.39, 0.29) is 12.6 Å². The molecule has 0 spiro atoms. The Kier molecular flexibility index (Phi) is 2.60. The van der Waals surface area contributed by atoms with E-state index >= 15 is 0 Å². The lowest BCUT2D eigenvalue weighted by molar-refractivity contribution is 0.0910. The Morgan fingerprint density at radius 1 is 1.40 bits per heavy atom. The van der Waals surface area contributed by atoms with Crippen molar-refractivity contribution < 1.29 is 9.90 Å². The minimum absolute atomic E-state index is 0.289. The first kappa shape index (κ1) is 9.61. The molecule has 2 rings (SSSR count). The summed E-state index contributed by atoms with van der Waals surface area (Å²) in [5.41, 5.74) is 1.36. The van der Waals surface area contributed by atoms with Gasteiger partial charge in [0.05, 0.1) is 5.52 Å². The normalized spacial score (nSPS) is 10.2. The van der Waals surface area contributed by atoms with Gasteiger partial charge in [-0.1, -0.05) is 6.07 Å². The minimum Gasteiger partial charge on any atom is -0.376 e. The molecule has 0 saturated carbocycles. The molecule has 0 saturated heterocycles. The summed E-state index contributed by atoms with van der Waals surface area (Å²) in [7, 11) is 0. The van der Waals surface area contributed by atoms with Crippen molar-refractivity contribution in [1.82, 2.24) is 10.3 Å². The molecule has 4 nitrogen and oxygen atoms in total. The fraction of sp³-hybridized carbons (Fsp3) is 0.0909. The van der Waals surface area contributed by atoms with E-state index in [1.54, 1.807) is 24.4 Å². The number of nitrogens with zero attached hydrogens (tertiary/aromatic N) is 1. The van der Waals surface area contributed by atoms with Crippen LogP contribution >= 0.6 is 0 Å². The van der Waals surface area contributed by atoms with E-state index < -0.39 is 0 Å². The van der Waals surface area contributed by atoms with Crippen molar-refractivity contribution in [3.05, 3.63) is 42.1 Å². The van der Waals surface area contributed by atoms with Crippen molar-refractivity contribution in [3.8, 4) is 0 Å². The van der Waals surface area contributed by atoms with E-state index in [4.69, 9.17) is 5.11 Å². The number of pyridine rings is 1. The molecular formula is C11H10N2O2. The third-order valence-corrected chi connectivity index (χ3v) is 2.10. The van der Waals surface area contributed by atoms with Gasteiger partial charge < -0.3 is 10.4 Å². The number of nitrogens with one attached hydrogen (secondary N) is 1. The van der Waals surface area contributed by atoms with Crippen LogP contribution in [0.25, 0.3) is 10.9 Å². The number of amides is 1. The Morgan fingerprint density at radius 2 is 2.27 bits per heavy atom. The van der Waals surface area contributed by atoms with Crippen molar-refractivity contribution in [2.75, 3.05) is 6.73 Å². The van der Waals surface area contributed by atoms with Crippen LogP contribution in [0.15, 0.2) is 36.5 Å². The van der Waals surface area contributed by atoms with Crippen LogP contribution in [-0.2, 0) is 0 Å². The molecule has 1 heterocycles. The Labute approximate surface area is 86.6 Å². The number of carbonyl (C=O) groups excluding carboxylic acids is 1. The fourth-order valence-corrected chi connectivity index (χ4v) is 1.39. The first-order valence-electron chi connectivity index (χ1n) is 4.55. The quantitative estimate of drug-likeness (QED) is 0.711. The highest BCUT2D eigenvalue weighted by Crippen LogP contribution is 2.12. The maximum atomic E-state index is 11.4. The molecule has 2 N–H and O–H groups in total. The van der Waals surface area contributed by atoms with E-state index in [2.05, 4.69) is 10.3 Å². The number of rotatable bonds is 2. The topological polar surface area (TPSA) is 62.2 Å². The second-order valence-electron chi connectivity index (χ2n) is 3.07. The van der Waals surface area contributed by atoms with E-state index in [0.29, 0.717) is 5.56 Å². The molecule has 15 heavy (non-hydrogen) atoms. The van der Waals surface area contributed by atoms with Gasteiger partial charge in [0.2, 0.25) is 0 Å². The van der Waals surface area contributed by atoms with Crippen LogP contribution < -0.4 is 5.32 Å². The SMILES string of the molecule is O=C(NCO)c1ccc2ncccc2c1. The van der Waals surface area contributed by atoms with E-state index in [1.807, 2.05) is 12.1 Å². The molecule has 0 aliphatic heterocycles. The van der Waals surface area contributed by atoms with Crippen LogP contribution in [-0.4, -0.2) is 22.7 Å². The molecule has 0 bridgehead atoms. The molecule has 0 aliphatic carbocycles. The molecule has 1 amide bonds. The minimum atomic E-state index is -0.357. The first-order valence-corrected chi connectivity index (χ1v) is 4.55. The Hall–Kier alpha value is -1.94. The second kappa shape index (κ2) is 4.06. The number of aromatic nitrogens is 1. The summed E-state index contributed by atoms with van der Waals surface area (Å²) < 4.78 is 0. The molecule has 0 fully saturated rings. The van der Waals surface area contributed by atoms with E-state index in [0.717, 1.165) is 10.9 Å². The third-order valence-electron chi connectivity index (χ3n) is 2.10. The van der Waals surface area contributed by atoms with E-state index in [9.17, 15) is 4.79 Å². The molecule has 4 heteroatoms. The number of aliphatic hydroxyl groups excluding tert-OH is 1. The summed E-state index contributed by atoms with van der Waals surface area (Å²) in [5, 5.41) is 11.8. The summed E-state index contributed by atoms with van der Waals surface area (Å²) in [5.74, 6) is -0.289. The zero-order valence-electron chi connectivity index (χ0n) is 7.97. The van der Waals surface area contributed by atoms with Crippen LogP contribution in [0.2, 0.25) is 0 Å². The predicted molar refractivity (Wildman–Crippen MR) is 56.3 cm³/mol. The van der Waals surface area contributed by atoms with Crippen LogP contribution in [0.1, 0.15) is 10.4 Å². The Bertz CT molecular complexity index is 497. The molecule has 2 aromatic rings. The standard InChI is InChI=1S/C11H10N2O2/c14-7-13-11(15)9-3-4-10-8(6-9)2-1-5-12-10/h1-6,14H,7H2,(H,13,15). The number of carbonyl (C=O) groups is 1. The van der Waals surface area contributed by atoms with Crippen LogP contribution in [0, 0.1) is 0 Å². The lowest BCUT2D eigenvalue weighted by Crippen LogP contribution is -2.23. The molecule has 0 aliphatic rings. The number of hydrogen-bond donors (Lipinski definition) is 2. The van der Waals surface area contributed by atoms with Gasteiger partial charge in [0.1, 0.15) is 6.73 Å². The van der Waals surface area contributed by atoms with Gasteiger partial charge >= 0.3 is 0 Å².